The van der Waals surface area contributed by atoms with Crippen LogP contribution >= 0.6 is 0 Å². The molecular weight excluding hydrogens is 192 g/mol. The van der Waals surface area contributed by atoms with Crippen molar-refractivity contribution in [2.24, 2.45) is 0 Å². The predicted octanol–water partition coefficient (Wildman–Crippen LogP) is 0.821. The van der Waals surface area contributed by atoms with Gasteiger partial charge in [-0.25, -0.2) is 0 Å². The molecule has 0 aromatic carbocycles. The Kier molecular flexibility index (Phi) is 3.02. The smallest absolute Gasteiger partial charge is 0.159 e. The largest absolute Gasteiger partial charge is 0.371 e. The van der Waals surface area contributed by atoms with E-state index in [9.17, 15) is 0 Å². The molecule has 2 heterocycles. The van der Waals surface area contributed by atoms with Gasteiger partial charge in [-0.3, -0.25) is 0 Å². The van der Waals surface area contributed by atoms with Crippen LogP contribution < -0.4 is 0 Å². The third-order valence-electron chi connectivity index (χ3n) is 2.67. The van der Waals surface area contributed by atoms with Gasteiger partial charge in [-0.05, 0) is 20.5 Å². The standard InChI is InChI=1S/C10H18N4O/c1-4-8-6-15-7-10-12-11-9(14(8)10)5-13(2)3/h8H,4-7H2,1-3H3. The molecule has 2 rings (SSSR count). The summed E-state index contributed by atoms with van der Waals surface area (Å²) in [6.45, 7) is 4.38. The fourth-order valence-electron chi connectivity index (χ4n) is 1.93. The van der Waals surface area contributed by atoms with Crippen LogP contribution in [0.2, 0.25) is 0 Å². The van der Waals surface area contributed by atoms with Crippen LogP contribution in [0.25, 0.3) is 0 Å². The summed E-state index contributed by atoms with van der Waals surface area (Å²) in [5, 5.41) is 8.40. The summed E-state index contributed by atoms with van der Waals surface area (Å²) in [7, 11) is 4.09. The molecule has 5 nitrogen and oxygen atoms in total. The van der Waals surface area contributed by atoms with Crippen LogP contribution in [-0.4, -0.2) is 40.4 Å². The molecular formula is C10H18N4O. The van der Waals surface area contributed by atoms with Crippen molar-refractivity contribution in [1.29, 1.82) is 0 Å². The molecule has 0 spiro atoms. The first kappa shape index (κ1) is 10.6. The van der Waals surface area contributed by atoms with Gasteiger partial charge >= 0.3 is 0 Å². The number of hydrogen-bond donors (Lipinski definition) is 0. The van der Waals surface area contributed by atoms with E-state index in [4.69, 9.17) is 4.74 Å². The zero-order chi connectivity index (χ0) is 10.8. The maximum Gasteiger partial charge on any atom is 0.159 e. The quantitative estimate of drug-likeness (QED) is 0.741. The molecule has 1 aliphatic rings. The summed E-state index contributed by atoms with van der Waals surface area (Å²) < 4.78 is 7.72. The highest BCUT2D eigenvalue weighted by molar-refractivity contribution is 5.00. The number of rotatable bonds is 3. The van der Waals surface area contributed by atoms with Crippen molar-refractivity contribution in [3.8, 4) is 0 Å². The summed E-state index contributed by atoms with van der Waals surface area (Å²) in [6.07, 6.45) is 1.06. The second-order valence-electron chi connectivity index (χ2n) is 4.22. The highest BCUT2D eigenvalue weighted by atomic mass is 16.5. The van der Waals surface area contributed by atoms with Crippen LogP contribution in [0, 0.1) is 0 Å². The van der Waals surface area contributed by atoms with Gasteiger partial charge in [0.1, 0.15) is 12.4 Å². The van der Waals surface area contributed by atoms with Gasteiger partial charge in [0.15, 0.2) is 5.82 Å². The first-order chi connectivity index (χ1) is 7.22. The fraction of sp³-hybridized carbons (Fsp3) is 0.800. The molecule has 0 N–H and O–H groups in total. The van der Waals surface area contributed by atoms with Crippen molar-refractivity contribution >= 4 is 0 Å². The van der Waals surface area contributed by atoms with Gasteiger partial charge in [-0.2, -0.15) is 0 Å². The highest BCUT2D eigenvalue weighted by Crippen LogP contribution is 2.22. The van der Waals surface area contributed by atoms with Gasteiger partial charge in [-0.1, -0.05) is 6.92 Å². The zero-order valence-corrected chi connectivity index (χ0v) is 9.60. The second kappa shape index (κ2) is 4.28. The van der Waals surface area contributed by atoms with E-state index in [1.165, 1.54) is 0 Å². The number of fused-ring (bicyclic) bond motifs is 1. The summed E-state index contributed by atoms with van der Waals surface area (Å²) >= 11 is 0. The normalized spacial score (nSPS) is 20.7. The molecule has 1 aromatic rings. The van der Waals surface area contributed by atoms with Crippen molar-refractivity contribution in [1.82, 2.24) is 19.7 Å². The van der Waals surface area contributed by atoms with Crippen molar-refractivity contribution in [3.63, 3.8) is 0 Å². The first-order valence-electron chi connectivity index (χ1n) is 5.37. The lowest BCUT2D eigenvalue weighted by atomic mass is 10.2. The lowest BCUT2D eigenvalue weighted by Gasteiger charge is -2.25. The topological polar surface area (TPSA) is 43.2 Å². The molecule has 84 valence electrons. The summed E-state index contributed by atoms with van der Waals surface area (Å²) in [5.74, 6) is 2.01. The monoisotopic (exact) mass is 210 g/mol. The van der Waals surface area contributed by atoms with Gasteiger partial charge in [0.05, 0.1) is 19.2 Å². The van der Waals surface area contributed by atoms with Crippen molar-refractivity contribution in [2.45, 2.75) is 32.5 Å². The summed E-state index contributed by atoms with van der Waals surface area (Å²) in [6, 6.07) is 0.402. The minimum Gasteiger partial charge on any atom is -0.371 e. The molecule has 5 heteroatoms. The maximum atomic E-state index is 5.48. The third kappa shape index (κ3) is 2.03. The van der Waals surface area contributed by atoms with E-state index < -0.39 is 0 Å². The average molecular weight is 210 g/mol. The first-order valence-corrected chi connectivity index (χ1v) is 5.37. The van der Waals surface area contributed by atoms with Gasteiger partial charge in [0.2, 0.25) is 0 Å². The van der Waals surface area contributed by atoms with Crippen LogP contribution in [0.4, 0.5) is 0 Å². The lowest BCUT2D eigenvalue weighted by molar-refractivity contribution is 0.0516. The minimum absolute atomic E-state index is 0.402. The molecule has 0 aliphatic carbocycles. The molecule has 15 heavy (non-hydrogen) atoms. The maximum absolute atomic E-state index is 5.48. The SMILES string of the molecule is CCC1COCc2nnc(CN(C)C)n21. The van der Waals surface area contributed by atoms with E-state index in [1.807, 2.05) is 14.1 Å². The van der Waals surface area contributed by atoms with Gasteiger partial charge in [0.25, 0.3) is 0 Å². The molecule has 1 aliphatic heterocycles. The van der Waals surface area contributed by atoms with Crippen molar-refractivity contribution in [2.75, 3.05) is 20.7 Å². The van der Waals surface area contributed by atoms with E-state index in [-0.39, 0.29) is 0 Å². The van der Waals surface area contributed by atoms with Crippen LogP contribution in [0.5, 0.6) is 0 Å². The Labute approximate surface area is 90.0 Å². The van der Waals surface area contributed by atoms with E-state index in [0.29, 0.717) is 12.6 Å². The minimum atomic E-state index is 0.402. The Morgan fingerprint density at radius 2 is 2.27 bits per heavy atom. The zero-order valence-electron chi connectivity index (χ0n) is 9.60. The van der Waals surface area contributed by atoms with Gasteiger partial charge in [0, 0.05) is 0 Å². The van der Waals surface area contributed by atoms with E-state index >= 15 is 0 Å². The molecule has 1 unspecified atom stereocenters. The van der Waals surface area contributed by atoms with E-state index in [1.54, 1.807) is 0 Å². The molecule has 0 saturated heterocycles. The highest BCUT2D eigenvalue weighted by Gasteiger charge is 2.23. The predicted molar refractivity (Wildman–Crippen MR) is 56.4 cm³/mol. The Morgan fingerprint density at radius 3 is 2.93 bits per heavy atom. The summed E-state index contributed by atoms with van der Waals surface area (Å²) in [5.41, 5.74) is 0. The van der Waals surface area contributed by atoms with Gasteiger partial charge in [-0.15, -0.1) is 10.2 Å². The van der Waals surface area contributed by atoms with E-state index in [0.717, 1.165) is 31.2 Å². The van der Waals surface area contributed by atoms with Crippen molar-refractivity contribution < 1.29 is 4.74 Å². The van der Waals surface area contributed by atoms with Crippen LogP contribution in [0.1, 0.15) is 31.0 Å². The third-order valence-corrected chi connectivity index (χ3v) is 2.67. The van der Waals surface area contributed by atoms with Gasteiger partial charge < -0.3 is 14.2 Å². The van der Waals surface area contributed by atoms with Crippen molar-refractivity contribution in [3.05, 3.63) is 11.6 Å². The Bertz CT molecular complexity index is 334. The number of nitrogens with zero attached hydrogens (tertiary/aromatic N) is 4. The number of ether oxygens (including phenoxy) is 1. The molecule has 1 aromatic heterocycles. The van der Waals surface area contributed by atoms with Crippen LogP contribution in [-0.2, 0) is 17.9 Å². The molecule has 0 radical (unpaired) electrons. The molecule has 0 saturated carbocycles. The molecule has 1 atom stereocenters. The summed E-state index contributed by atoms with van der Waals surface area (Å²) in [4.78, 5) is 2.11. The van der Waals surface area contributed by atoms with Crippen LogP contribution in [0.3, 0.4) is 0 Å². The number of aromatic nitrogens is 3. The average Bonchev–Trinajstić information content (AvgIpc) is 2.61. The molecule has 0 fully saturated rings. The van der Waals surface area contributed by atoms with Crippen LogP contribution in [0.15, 0.2) is 0 Å². The molecule has 0 amide bonds. The fourth-order valence-corrected chi connectivity index (χ4v) is 1.93. The molecule has 0 bridgehead atoms. The Balaban J connectivity index is 2.29. The Morgan fingerprint density at radius 1 is 1.47 bits per heavy atom. The number of hydrogen-bond acceptors (Lipinski definition) is 4. The Hall–Kier alpha value is -0.940. The second-order valence-corrected chi connectivity index (χ2v) is 4.22. The lowest BCUT2D eigenvalue weighted by Crippen LogP contribution is -2.26. The van der Waals surface area contributed by atoms with E-state index in [2.05, 4.69) is 26.6 Å².